The first-order valence-corrected chi connectivity index (χ1v) is 6.48. The molecule has 0 radical (unpaired) electrons. The van der Waals surface area contributed by atoms with Crippen molar-refractivity contribution < 1.29 is 9.00 Å². The number of carbonyl (C=O) groups excluding carboxylic acids is 1. The summed E-state index contributed by atoms with van der Waals surface area (Å²) in [5, 5.41) is 0. The zero-order valence-corrected chi connectivity index (χ0v) is 9.46. The first-order chi connectivity index (χ1) is 7.68. The van der Waals surface area contributed by atoms with Crippen molar-refractivity contribution in [3.63, 3.8) is 0 Å². The lowest BCUT2D eigenvalue weighted by Crippen LogP contribution is -2.43. The highest BCUT2D eigenvalue weighted by molar-refractivity contribution is 7.85. The van der Waals surface area contributed by atoms with Crippen LogP contribution in [0.2, 0.25) is 0 Å². The minimum absolute atomic E-state index is 0.148. The van der Waals surface area contributed by atoms with Crippen LogP contribution in [0.25, 0.3) is 0 Å². The van der Waals surface area contributed by atoms with E-state index in [0.29, 0.717) is 24.6 Å². The molecule has 5 nitrogen and oxygen atoms in total. The summed E-state index contributed by atoms with van der Waals surface area (Å²) in [5.74, 6) is 0.714. The van der Waals surface area contributed by atoms with Crippen LogP contribution in [0.1, 0.15) is 10.4 Å². The summed E-state index contributed by atoms with van der Waals surface area (Å²) in [6, 6.07) is 1.33. The average molecular weight is 240 g/mol. The Hall–Kier alpha value is -1.43. The van der Waals surface area contributed by atoms with E-state index in [2.05, 4.69) is 4.98 Å². The lowest BCUT2D eigenvalue weighted by atomic mass is 10.2. The van der Waals surface area contributed by atoms with Gasteiger partial charge in [0, 0.05) is 53.9 Å². The van der Waals surface area contributed by atoms with E-state index >= 15 is 0 Å². The fourth-order valence-electron chi connectivity index (χ4n) is 1.59. The minimum atomic E-state index is -0.819. The van der Waals surface area contributed by atoms with Gasteiger partial charge in [-0.2, -0.15) is 0 Å². The Balaban J connectivity index is 2.17. The van der Waals surface area contributed by atoms with Gasteiger partial charge in [-0.05, 0) is 0 Å². The number of hydrogen-bond donors (Lipinski definition) is 1. The molecular weight excluding hydrogens is 228 g/mol. The van der Waals surface area contributed by atoms with Crippen LogP contribution in [0.5, 0.6) is 0 Å². The molecule has 1 N–H and O–H groups in total. The zero-order chi connectivity index (χ0) is 11.5. The molecule has 6 heteroatoms. The van der Waals surface area contributed by atoms with Crippen LogP contribution in [-0.4, -0.2) is 44.6 Å². The van der Waals surface area contributed by atoms with Crippen LogP contribution in [0.3, 0.4) is 0 Å². The third-order valence-corrected chi connectivity index (χ3v) is 3.80. The number of nitrogens with zero attached hydrogens (tertiary/aromatic N) is 1. The number of aromatic amines is 1. The highest BCUT2D eigenvalue weighted by Gasteiger charge is 2.22. The molecule has 0 aliphatic carbocycles. The topological polar surface area (TPSA) is 70.2 Å². The highest BCUT2D eigenvalue weighted by atomic mass is 32.2. The smallest absolute Gasteiger partial charge is 0.259 e. The van der Waals surface area contributed by atoms with E-state index in [0.717, 1.165) is 0 Å². The molecule has 86 valence electrons. The van der Waals surface area contributed by atoms with Gasteiger partial charge in [-0.3, -0.25) is 13.8 Å². The van der Waals surface area contributed by atoms with Crippen molar-refractivity contribution >= 4 is 16.7 Å². The number of rotatable bonds is 1. The van der Waals surface area contributed by atoms with Crippen molar-refractivity contribution in [3.8, 4) is 0 Å². The van der Waals surface area contributed by atoms with Crippen molar-refractivity contribution in [1.29, 1.82) is 0 Å². The van der Waals surface area contributed by atoms with Crippen LogP contribution in [-0.2, 0) is 10.8 Å². The Morgan fingerprint density at radius 3 is 2.69 bits per heavy atom. The molecule has 16 heavy (non-hydrogen) atoms. The fraction of sp³-hybridized carbons (Fsp3) is 0.400. The normalized spacial score (nSPS) is 17.4. The Kier molecular flexibility index (Phi) is 3.19. The summed E-state index contributed by atoms with van der Waals surface area (Å²) in [6.45, 7) is 0.916. The molecule has 0 aromatic carbocycles. The molecular formula is C10H12N2O3S. The Labute approximate surface area is 94.9 Å². The second-order valence-corrected chi connectivity index (χ2v) is 5.26. The molecule has 1 aromatic heterocycles. The molecule has 1 aromatic rings. The second-order valence-electron chi connectivity index (χ2n) is 3.56. The van der Waals surface area contributed by atoms with E-state index in [4.69, 9.17) is 0 Å². The number of H-pyrrole nitrogens is 1. The SMILES string of the molecule is O=C(c1c[nH]ccc1=O)N1CCS(=O)CC1. The largest absolute Gasteiger partial charge is 0.367 e. The highest BCUT2D eigenvalue weighted by Crippen LogP contribution is 2.04. The van der Waals surface area contributed by atoms with Gasteiger partial charge in [0.2, 0.25) is 0 Å². The molecule has 2 rings (SSSR count). The number of aromatic nitrogens is 1. The maximum atomic E-state index is 11.9. The summed E-state index contributed by atoms with van der Waals surface area (Å²) >= 11 is 0. The van der Waals surface area contributed by atoms with Gasteiger partial charge in [-0.25, -0.2) is 0 Å². The molecule has 1 amide bonds. The van der Waals surface area contributed by atoms with Gasteiger partial charge in [-0.15, -0.1) is 0 Å². The third-order valence-electron chi connectivity index (χ3n) is 2.52. The van der Waals surface area contributed by atoms with Crippen LogP contribution >= 0.6 is 0 Å². The zero-order valence-electron chi connectivity index (χ0n) is 8.64. The molecule has 0 spiro atoms. The number of hydrogen-bond acceptors (Lipinski definition) is 3. The van der Waals surface area contributed by atoms with Crippen LogP contribution < -0.4 is 5.43 Å². The van der Waals surface area contributed by atoms with E-state index in [-0.39, 0.29) is 16.9 Å². The summed E-state index contributed by atoms with van der Waals surface area (Å²) in [6.07, 6.45) is 2.90. The quantitative estimate of drug-likeness (QED) is 0.724. The summed E-state index contributed by atoms with van der Waals surface area (Å²) in [5.41, 5.74) is -0.134. The van der Waals surface area contributed by atoms with E-state index in [1.807, 2.05) is 0 Å². The number of amides is 1. The molecule has 1 saturated heterocycles. The predicted octanol–water partition coefficient (Wildman–Crippen LogP) is -0.421. The van der Waals surface area contributed by atoms with E-state index in [9.17, 15) is 13.8 Å². The molecule has 1 aliphatic rings. The van der Waals surface area contributed by atoms with E-state index in [1.165, 1.54) is 18.5 Å². The van der Waals surface area contributed by atoms with Gasteiger partial charge in [0.05, 0.1) is 0 Å². The minimum Gasteiger partial charge on any atom is -0.367 e. The molecule has 0 atom stereocenters. The summed E-state index contributed by atoms with van der Waals surface area (Å²) in [4.78, 5) is 27.7. The van der Waals surface area contributed by atoms with Crippen LogP contribution in [0.4, 0.5) is 0 Å². The third kappa shape index (κ3) is 2.21. The van der Waals surface area contributed by atoms with Gasteiger partial charge in [0.1, 0.15) is 5.56 Å². The van der Waals surface area contributed by atoms with Gasteiger partial charge in [0.15, 0.2) is 5.43 Å². The average Bonchev–Trinajstić information content (AvgIpc) is 2.30. The van der Waals surface area contributed by atoms with E-state index in [1.54, 1.807) is 4.90 Å². The standard InChI is InChI=1S/C10H12N2O3S/c13-9-1-2-11-7-8(9)10(14)12-3-5-16(15)6-4-12/h1-2,7H,3-6H2,(H,11,13). The maximum absolute atomic E-state index is 11.9. The van der Waals surface area contributed by atoms with Crippen LogP contribution in [0, 0.1) is 0 Å². The van der Waals surface area contributed by atoms with Crippen molar-refractivity contribution in [2.45, 2.75) is 0 Å². The lowest BCUT2D eigenvalue weighted by Gasteiger charge is -2.25. The van der Waals surface area contributed by atoms with Crippen molar-refractivity contribution in [3.05, 3.63) is 34.2 Å². The number of pyridine rings is 1. The molecule has 0 bridgehead atoms. The monoisotopic (exact) mass is 240 g/mol. The molecule has 2 heterocycles. The second kappa shape index (κ2) is 4.61. The van der Waals surface area contributed by atoms with Crippen molar-refractivity contribution in [1.82, 2.24) is 9.88 Å². The first-order valence-electron chi connectivity index (χ1n) is 5.00. The number of carbonyl (C=O) groups is 1. The van der Waals surface area contributed by atoms with Gasteiger partial charge in [0.25, 0.3) is 5.91 Å². The van der Waals surface area contributed by atoms with Gasteiger partial charge >= 0.3 is 0 Å². The molecule has 0 unspecified atom stereocenters. The van der Waals surface area contributed by atoms with Crippen molar-refractivity contribution in [2.75, 3.05) is 24.6 Å². The lowest BCUT2D eigenvalue weighted by molar-refractivity contribution is 0.0769. The first kappa shape index (κ1) is 11.1. The van der Waals surface area contributed by atoms with Gasteiger partial charge < -0.3 is 9.88 Å². The van der Waals surface area contributed by atoms with Crippen molar-refractivity contribution in [2.24, 2.45) is 0 Å². The number of nitrogens with one attached hydrogen (secondary N) is 1. The van der Waals surface area contributed by atoms with Gasteiger partial charge in [-0.1, -0.05) is 0 Å². The molecule has 0 saturated carbocycles. The Bertz CT molecular complexity index is 473. The fourth-order valence-corrected chi connectivity index (χ4v) is 2.65. The Morgan fingerprint density at radius 1 is 1.38 bits per heavy atom. The predicted molar refractivity (Wildman–Crippen MR) is 60.8 cm³/mol. The molecule has 1 fully saturated rings. The maximum Gasteiger partial charge on any atom is 0.259 e. The molecule has 1 aliphatic heterocycles. The summed E-state index contributed by atoms with van der Waals surface area (Å²) < 4.78 is 11.1. The summed E-state index contributed by atoms with van der Waals surface area (Å²) in [7, 11) is -0.819. The van der Waals surface area contributed by atoms with Crippen LogP contribution in [0.15, 0.2) is 23.3 Å². The van der Waals surface area contributed by atoms with E-state index < -0.39 is 10.8 Å². The Morgan fingerprint density at radius 2 is 2.06 bits per heavy atom.